The molecular weight excluding hydrogens is 546 g/mol. The van der Waals surface area contributed by atoms with Crippen LogP contribution in [0.4, 0.5) is 0 Å². The molecule has 8 rings (SSSR count). The van der Waals surface area contributed by atoms with Crippen LogP contribution in [0, 0.1) is 0 Å². The highest BCUT2D eigenvalue weighted by Crippen LogP contribution is 2.49. The lowest BCUT2D eigenvalue weighted by molar-refractivity contribution is 0.660. The van der Waals surface area contributed by atoms with Gasteiger partial charge >= 0.3 is 0 Å². The van der Waals surface area contributed by atoms with Crippen molar-refractivity contribution >= 4 is 5.57 Å². The first-order valence-electron chi connectivity index (χ1n) is 15.7. The first kappa shape index (κ1) is 27.2. The molecule has 0 aliphatic heterocycles. The minimum Gasteiger partial charge on any atom is -0.208 e. The molecule has 0 amide bonds. The van der Waals surface area contributed by atoms with Crippen molar-refractivity contribution in [2.45, 2.75) is 32.1 Å². The molecule has 0 saturated heterocycles. The SMILES string of the molecule is CC1(C)c2ccccc2-c2ccc(-c3nc(-c4cccc(C5=CC=CCC5)c4)nc(-c4cccc(-c5ccccc5)c4)n3)cc21. The first-order chi connectivity index (χ1) is 22.0. The quantitative estimate of drug-likeness (QED) is 0.204. The van der Waals surface area contributed by atoms with Crippen LogP contribution < -0.4 is 0 Å². The predicted octanol–water partition coefficient (Wildman–Crippen LogP) is 10.6. The maximum atomic E-state index is 5.13. The second kappa shape index (κ2) is 10.9. The van der Waals surface area contributed by atoms with Crippen LogP contribution in [0.2, 0.25) is 0 Å². The van der Waals surface area contributed by atoms with Crippen LogP contribution in [-0.2, 0) is 5.41 Å². The van der Waals surface area contributed by atoms with E-state index in [9.17, 15) is 0 Å². The zero-order valence-electron chi connectivity index (χ0n) is 25.5. The summed E-state index contributed by atoms with van der Waals surface area (Å²) in [4.78, 5) is 15.4. The van der Waals surface area contributed by atoms with Crippen molar-refractivity contribution in [3.63, 3.8) is 0 Å². The van der Waals surface area contributed by atoms with Crippen molar-refractivity contribution in [1.82, 2.24) is 15.0 Å². The van der Waals surface area contributed by atoms with Gasteiger partial charge in [-0.25, -0.2) is 15.0 Å². The Bertz CT molecular complexity index is 2140. The molecule has 3 nitrogen and oxygen atoms in total. The number of fused-ring (bicyclic) bond motifs is 3. The minimum atomic E-state index is -0.110. The molecule has 0 radical (unpaired) electrons. The van der Waals surface area contributed by atoms with Gasteiger partial charge in [0.1, 0.15) is 0 Å². The largest absolute Gasteiger partial charge is 0.208 e. The fraction of sp³-hybridized carbons (Fsp3) is 0.119. The summed E-state index contributed by atoms with van der Waals surface area (Å²) in [6.07, 6.45) is 8.68. The molecule has 2 aliphatic carbocycles. The predicted molar refractivity (Wildman–Crippen MR) is 185 cm³/mol. The van der Waals surface area contributed by atoms with E-state index in [-0.39, 0.29) is 5.41 Å². The molecule has 1 aromatic heterocycles. The van der Waals surface area contributed by atoms with E-state index < -0.39 is 0 Å². The van der Waals surface area contributed by atoms with Crippen LogP contribution in [0.1, 0.15) is 43.4 Å². The van der Waals surface area contributed by atoms with Gasteiger partial charge in [0.25, 0.3) is 0 Å². The highest BCUT2D eigenvalue weighted by Gasteiger charge is 2.35. The average molecular weight is 580 g/mol. The number of hydrogen-bond acceptors (Lipinski definition) is 3. The zero-order valence-corrected chi connectivity index (χ0v) is 25.5. The van der Waals surface area contributed by atoms with E-state index in [2.05, 4.69) is 147 Å². The maximum Gasteiger partial charge on any atom is 0.164 e. The van der Waals surface area contributed by atoms with E-state index in [1.165, 1.54) is 33.4 Å². The standard InChI is InChI=1S/C42H33N3/c1-42(2)37-22-10-9-21-35(37)36-24-23-34(27-38(36)42)41-44-39(32-19-11-17-30(25-32)28-13-5-3-6-14-28)43-40(45-41)33-20-12-18-31(26-33)29-15-7-4-8-16-29/h3-7,9-15,17-27H,8,16H2,1-2H3. The molecular formula is C42H33N3. The third-order valence-corrected chi connectivity index (χ3v) is 9.21. The molecule has 3 heteroatoms. The van der Waals surface area contributed by atoms with E-state index in [1.54, 1.807) is 0 Å². The summed E-state index contributed by atoms with van der Waals surface area (Å²) in [7, 11) is 0. The van der Waals surface area contributed by atoms with Gasteiger partial charge in [0.2, 0.25) is 0 Å². The third kappa shape index (κ3) is 4.91. The second-order valence-electron chi connectivity index (χ2n) is 12.4. The molecule has 0 unspecified atom stereocenters. The van der Waals surface area contributed by atoms with Crippen LogP contribution in [-0.4, -0.2) is 15.0 Å². The van der Waals surface area contributed by atoms with Crippen LogP contribution >= 0.6 is 0 Å². The van der Waals surface area contributed by atoms with Gasteiger partial charge in [-0.15, -0.1) is 0 Å². The van der Waals surface area contributed by atoms with Gasteiger partial charge in [0, 0.05) is 22.1 Å². The number of aromatic nitrogens is 3. The van der Waals surface area contributed by atoms with Crippen molar-refractivity contribution in [2.24, 2.45) is 0 Å². The number of allylic oxidation sites excluding steroid dienone is 4. The Kier molecular flexibility index (Phi) is 6.60. The Hall–Kier alpha value is -5.41. The normalized spacial score (nSPS) is 14.5. The molecule has 5 aromatic carbocycles. The van der Waals surface area contributed by atoms with E-state index in [0.29, 0.717) is 17.5 Å². The van der Waals surface area contributed by atoms with Crippen molar-refractivity contribution in [1.29, 1.82) is 0 Å². The maximum absolute atomic E-state index is 5.13. The smallest absolute Gasteiger partial charge is 0.164 e. The van der Waals surface area contributed by atoms with Crippen LogP contribution in [0.25, 0.3) is 62.0 Å². The average Bonchev–Trinajstić information content (AvgIpc) is 3.34. The van der Waals surface area contributed by atoms with Gasteiger partial charge < -0.3 is 0 Å². The molecule has 1 heterocycles. The van der Waals surface area contributed by atoms with E-state index in [1.807, 2.05) is 6.07 Å². The van der Waals surface area contributed by atoms with Gasteiger partial charge in [-0.3, -0.25) is 0 Å². The van der Waals surface area contributed by atoms with Gasteiger partial charge in [-0.1, -0.05) is 135 Å². The molecule has 0 atom stereocenters. The van der Waals surface area contributed by atoms with E-state index in [0.717, 1.165) is 40.7 Å². The number of nitrogens with zero attached hydrogens (tertiary/aromatic N) is 3. The highest BCUT2D eigenvalue weighted by molar-refractivity contribution is 5.83. The number of benzene rings is 5. The first-order valence-corrected chi connectivity index (χ1v) is 15.7. The molecule has 0 fully saturated rings. The van der Waals surface area contributed by atoms with Crippen molar-refractivity contribution < 1.29 is 0 Å². The lowest BCUT2D eigenvalue weighted by atomic mass is 9.82. The summed E-state index contributed by atoms with van der Waals surface area (Å²) in [5.41, 5.74) is 12.9. The monoisotopic (exact) mass is 579 g/mol. The van der Waals surface area contributed by atoms with E-state index >= 15 is 0 Å². The summed E-state index contributed by atoms with van der Waals surface area (Å²) in [5, 5.41) is 0. The summed E-state index contributed by atoms with van der Waals surface area (Å²) in [5.74, 6) is 2.03. The molecule has 0 spiro atoms. The Morgan fingerprint density at radius 2 is 1.07 bits per heavy atom. The Morgan fingerprint density at radius 3 is 1.78 bits per heavy atom. The van der Waals surface area contributed by atoms with Crippen molar-refractivity contribution in [3.8, 4) is 56.4 Å². The third-order valence-electron chi connectivity index (χ3n) is 9.21. The number of hydrogen-bond donors (Lipinski definition) is 0. The summed E-state index contributed by atoms with van der Waals surface area (Å²) in [6.45, 7) is 4.61. The van der Waals surface area contributed by atoms with Crippen molar-refractivity contribution in [2.75, 3.05) is 0 Å². The second-order valence-corrected chi connectivity index (χ2v) is 12.4. The Morgan fingerprint density at radius 1 is 0.489 bits per heavy atom. The van der Waals surface area contributed by atoms with Crippen LogP contribution in [0.15, 0.2) is 140 Å². The summed E-state index contributed by atoms with van der Waals surface area (Å²) in [6, 6.07) is 43.0. The van der Waals surface area contributed by atoms with E-state index in [4.69, 9.17) is 15.0 Å². The molecule has 6 aromatic rings. The van der Waals surface area contributed by atoms with Gasteiger partial charge in [0.15, 0.2) is 17.5 Å². The topological polar surface area (TPSA) is 38.7 Å². The van der Waals surface area contributed by atoms with Crippen LogP contribution in [0.3, 0.4) is 0 Å². The molecule has 216 valence electrons. The highest BCUT2D eigenvalue weighted by atomic mass is 15.0. The lowest BCUT2D eigenvalue weighted by Crippen LogP contribution is -2.15. The zero-order chi connectivity index (χ0) is 30.4. The Balaban J connectivity index is 1.29. The van der Waals surface area contributed by atoms with Crippen molar-refractivity contribution in [3.05, 3.63) is 156 Å². The molecule has 45 heavy (non-hydrogen) atoms. The molecule has 0 saturated carbocycles. The van der Waals surface area contributed by atoms with Gasteiger partial charge in [0.05, 0.1) is 0 Å². The summed E-state index contributed by atoms with van der Waals surface area (Å²) >= 11 is 0. The van der Waals surface area contributed by atoms with Gasteiger partial charge in [-0.05, 0) is 75.6 Å². The fourth-order valence-electron chi connectivity index (χ4n) is 6.78. The fourth-order valence-corrected chi connectivity index (χ4v) is 6.78. The van der Waals surface area contributed by atoms with Gasteiger partial charge in [-0.2, -0.15) is 0 Å². The number of rotatable bonds is 5. The van der Waals surface area contributed by atoms with Crippen LogP contribution in [0.5, 0.6) is 0 Å². The minimum absolute atomic E-state index is 0.110. The lowest BCUT2D eigenvalue weighted by Gasteiger charge is -2.21. The molecule has 0 bridgehead atoms. The molecule has 0 N–H and O–H groups in total. The Labute approximate surface area is 264 Å². The molecule has 2 aliphatic rings. The summed E-state index contributed by atoms with van der Waals surface area (Å²) < 4.78 is 0.